The summed E-state index contributed by atoms with van der Waals surface area (Å²) in [4.78, 5) is 50.8. The highest BCUT2D eigenvalue weighted by Gasteiger charge is 2.18. The Morgan fingerprint density at radius 3 is 2.19 bits per heavy atom. The summed E-state index contributed by atoms with van der Waals surface area (Å²) in [5.74, 6) is -2.42. The summed E-state index contributed by atoms with van der Waals surface area (Å²) >= 11 is 13.8. The van der Waals surface area contributed by atoms with Crippen LogP contribution in [0, 0.1) is 0 Å². The molecule has 0 radical (unpaired) electrons. The maximum absolute atomic E-state index is 13.4. The van der Waals surface area contributed by atoms with Crippen molar-refractivity contribution < 1.29 is 24.3 Å². The standard InChI is InChI=1S/C32H25Cl2N3O5S/c1-19(29(38)35-23-15-13-21(14-16-23)32(41)42)43-25-11-6-10-24(18-25)36-31(40)27(17-22-9-5-12-26(33)28(22)34)37-30(39)20-7-3-2-4-8-20/h2-19H,1H3,(H,35,38)(H,36,40)(H,37,39)(H,41,42)/b27-17+. The molecular formula is C32H25Cl2N3O5S. The summed E-state index contributed by atoms with van der Waals surface area (Å²) in [5, 5.41) is 17.3. The molecule has 0 aliphatic carbocycles. The minimum atomic E-state index is -1.05. The molecule has 218 valence electrons. The topological polar surface area (TPSA) is 125 Å². The smallest absolute Gasteiger partial charge is 0.335 e. The highest BCUT2D eigenvalue weighted by Crippen LogP contribution is 2.29. The van der Waals surface area contributed by atoms with E-state index in [0.717, 1.165) is 0 Å². The Kier molecular flexibility index (Phi) is 10.6. The lowest BCUT2D eigenvalue weighted by Crippen LogP contribution is -2.30. The Labute approximate surface area is 262 Å². The van der Waals surface area contributed by atoms with Gasteiger partial charge in [-0.1, -0.05) is 59.6 Å². The molecule has 4 N–H and O–H groups in total. The molecule has 1 unspecified atom stereocenters. The van der Waals surface area contributed by atoms with E-state index in [0.29, 0.717) is 32.4 Å². The Balaban J connectivity index is 1.48. The number of hydrogen-bond donors (Lipinski definition) is 4. The molecule has 4 aromatic rings. The quantitative estimate of drug-likeness (QED) is 0.108. The number of amides is 3. The number of anilines is 2. The molecule has 8 nitrogen and oxygen atoms in total. The van der Waals surface area contributed by atoms with Gasteiger partial charge in [-0.2, -0.15) is 0 Å². The van der Waals surface area contributed by atoms with E-state index < -0.39 is 23.0 Å². The summed E-state index contributed by atoms with van der Waals surface area (Å²) in [6, 6.07) is 26.2. The first-order valence-electron chi connectivity index (χ1n) is 12.8. The largest absolute Gasteiger partial charge is 0.478 e. The number of carbonyl (C=O) groups is 4. The average Bonchev–Trinajstić information content (AvgIpc) is 2.99. The Morgan fingerprint density at radius 1 is 0.791 bits per heavy atom. The molecule has 0 bridgehead atoms. The minimum Gasteiger partial charge on any atom is -0.478 e. The van der Waals surface area contributed by atoms with Crippen LogP contribution < -0.4 is 16.0 Å². The third-order valence-electron chi connectivity index (χ3n) is 5.98. The molecular weight excluding hydrogens is 609 g/mol. The fourth-order valence-electron chi connectivity index (χ4n) is 3.77. The third-order valence-corrected chi connectivity index (χ3v) is 7.91. The van der Waals surface area contributed by atoms with Crippen LogP contribution in [0.2, 0.25) is 10.0 Å². The number of thioether (sulfide) groups is 1. The fourth-order valence-corrected chi connectivity index (χ4v) is 5.06. The lowest BCUT2D eigenvalue weighted by atomic mass is 10.1. The molecule has 0 spiro atoms. The molecule has 0 aliphatic heterocycles. The molecule has 0 saturated heterocycles. The fraction of sp³-hybridized carbons (Fsp3) is 0.0625. The van der Waals surface area contributed by atoms with Gasteiger partial charge in [0.05, 0.1) is 20.9 Å². The van der Waals surface area contributed by atoms with E-state index in [-0.39, 0.29) is 22.2 Å². The van der Waals surface area contributed by atoms with E-state index >= 15 is 0 Å². The molecule has 11 heteroatoms. The zero-order chi connectivity index (χ0) is 30.9. The number of hydrogen-bond acceptors (Lipinski definition) is 5. The number of carboxylic acids is 1. The number of carbonyl (C=O) groups excluding carboxylic acids is 3. The van der Waals surface area contributed by atoms with Crippen LogP contribution in [0.1, 0.15) is 33.2 Å². The van der Waals surface area contributed by atoms with E-state index in [1.165, 1.54) is 42.1 Å². The number of nitrogens with one attached hydrogen (secondary N) is 3. The van der Waals surface area contributed by atoms with E-state index in [4.69, 9.17) is 28.3 Å². The maximum atomic E-state index is 13.4. The second kappa shape index (κ2) is 14.6. The molecule has 0 heterocycles. The van der Waals surface area contributed by atoms with Crippen LogP contribution in [0.15, 0.2) is 108 Å². The second-order valence-corrected chi connectivity index (χ2v) is 11.3. The van der Waals surface area contributed by atoms with Gasteiger partial charge in [0, 0.05) is 21.8 Å². The highest BCUT2D eigenvalue weighted by atomic mass is 35.5. The van der Waals surface area contributed by atoms with Gasteiger partial charge in [-0.05, 0) is 79.2 Å². The predicted molar refractivity (Wildman–Crippen MR) is 171 cm³/mol. The number of aromatic carboxylic acids is 1. The first-order valence-corrected chi connectivity index (χ1v) is 14.5. The molecule has 0 saturated carbocycles. The van der Waals surface area contributed by atoms with E-state index in [9.17, 15) is 19.2 Å². The Morgan fingerprint density at radius 2 is 1.49 bits per heavy atom. The van der Waals surface area contributed by atoms with Crippen LogP contribution in [0.3, 0.4) is 0 Å². The zero-order valence-electron chi connectivity index (χ0n) is 22.6. The van der Waals surface area contributed by atoms with Crippen molar-refractivity contribution in [3.05, 3.63) is 129 Å². The van der Waals surface area contributed by atoms with Gasteiger partial charge in [0.2, 0.25) is 5.91 Å². The van der Waals surface area contributed by atoms with Gasteiger partial charge in [-0.3, -0.25) is 14.4 Å². The summed E-state index contributed by atoms with van der Waals surface area (Å²) in [6.45, 7) is 1.73. The normalized spacial score (nSPS) is 11.7. The van der Waals surface area contributed by atoms with Crippen LogP contribution in [0.5, 0.6) is 0 Å². The van der Waals surface area contributed by atoms with Crippen LogP contribution >= 0.6 is 35.0 Å². The molecule has 0 aromatic heterocycles. The summed E-state index contributed by atoms with van der Waals surface area (Å²) in [6.07, 6.45) is 1.44. The second-order valence-electron chi connectivity index (χ2n) is 9.13. The van der Waals surface area contributed by atoms with Crippen LogP contribution in [0.25, 0.3) is 6.08 Å². The first-order chi connectivity index (χ1) is 20.6. The van der Waals surface area contributed by atoms with Gasteiger partial charge >= 0.3 is 5.97 Å². The lowest BCUT2D eigenvalue weighted by molar-refractivity contribution is -0.115. The van der Waals surface area contributed by atoms with Crippen LogP contribution in [-0.2, 0) is 9.59 Å². The molecule has 43 heavy (non-hydrogen) atoms. The summed E-state index contributed by atoms with van der Waals surface area (Å²) in [7, 11) is 0. The van der Waals surface area contributed by atoms with Crippen molar-refractivity contribution in [1.29, 1.82) is 0 Å². The summed E-state index contributed by atoms with van der Waals surface area (Å²) in [5.41, 5.74) is 1.77. The lowest BCUT2D eigenvalue weighted by Gasteiger charge is -2.14. The van der Waals surface area contributed by atoms with Crippen molar-refractivity contribution in [2.45, 2.75) is 17.1 Å². The summed E-state index contributed by atoms with van der Waals surface area (Å²) < 4.78 is 0. The monoisotopic (exact) mass is 633 g/mol. The Hall–Kier alpha value is -4.57. The molecule has 0 aliphatic rings. The number of rotatable bonds is 10. The number of carboxylic acid groups (broad SMARTS) is 1. The van der Waals surface area contributed by atoms with Gasteiger partial charge in [0.15, 0.2) is 0 Å². The van der Waals surface area contributed by atoms with Crippen molar-refractivity contribution in [3.8, 4) is 0 Å². The Bertz CT molecular complexity index is 1700. The molecule has 1 atom stereocenters. The minimum absolute atomic E-state index is 0.0576. The molecule has 0 fully saturated rings. The molecule has 3 amide bonds. The van der Waals surface area contributed by atoms with Crippen LogP contribution in [0.4, 0.5) is 11.4 Å². The van der Waals surface area contributed by atoms with Gasteiger partial charge in [-0.25, -0.2) is 4.79 Å². The average molecular weight is 635 g/mol. The van der Waals surface area contributed by atoms with Gasteiger partial charge in [-0.15, -0.1) is 11.8 Å². The molecule has 4 aromatic carbocycles. The van der Waals surface area contributed by atoms with Gasteiger partial charge in [0.1, 0.15) is 5.70 Å². The predicted octanol–water partition coefficient (Wildman–Crippen LogP) is 7.22. The van der Waals surface area contributed by atoms with E-state index in [1.54, 1.807) is 79.7 Å². The molecule has 4 rings (SSSR count). The number of benzene rings is 4. The van der Waals surface area contributed by atoms with Crippen LogP contribution in [-0.4, -0.2) is 34.0 Å². The number of halogens is 2. The van der Waals surface area contributed by atoms with Crippen molar-refractivity contribution in [2.24, 2.45) is 0 Å². The SMILES string of the molecule is CC(Sc1cccc(NC(=O)/C(=C\c2cccc(Cl)c2Cl)NC(=O)c2ccccc2)c1)C(=O)Nc1ccc(C(=O)O)cc1. The maximum Gasteiger partial charge on any atom is 0.335 e. The van der Waals surface area contributed by atoms with Crippen molar-refractivity contribution in [1.82, 2.24) is 5.32 Å². The van der Waals surface area contributed by atoms with E-state index in [2.05, 4.69) is 16.0 Å². The van der Waals surface area contributed by atoms with Gasteiger partial charge in [0.25, 0.3) is 11.8 Å². The van der Waals surface area contributed by atoms with Crippen molar-refractivity contribution in [2.75, 3.05) is 10.6 Å². The van der Waals surface area contributed by atoms with Crippen molar-refractivity contribution in [3.63, 3.8) is 0 Å². The first kappa shape index (κ1) is 31.4. The third kappa shape index (κ3) is 8.71. The van der Waals surface area contributed by atoms with Gasteiger partial charge < -0.3 is 21.1 Å². The van der Waals surface area contributed by atoms with Crippen molar-refractivity contribution >= 4 is 76.1 Å². The zero-order valence-corrected chi connectivity index (χ0v) is 25.0. The highest BCUT2D eigenvalue weighted by molar-refractivity contribution is 8.00. The van der Waals surface area contributed by atoms with E-state index in [1.807, 2.05) is 0 Å².